The lowest BCUT2D eigenvalue weighted by Gasteiger charge is -2.26. The number of aromatic nitrogens is 2. The molecule has 0 bridgehead atoms. The maximum absolute atomic E-state index is 10.9. The molecule has 1 heterocycles. The van der Waals surface area contributed by atoms with E-state index in [2.05, 4.69) is 11.1 Å². The monoisotopic (exact) mass is 247 g/mol. The number of carbonyl (C=O) groups is 1. The minimum atomic E-state index is -0.668. The number of hydrogen-bond acceptors (Lipinski definition) is 3. The van der Waals surface area contributed by atoms with Gasteiger partial charge >= 0.3 is 5.97 Å². The van der Waals surface area contributed by atoms with Crippen LogP contribution in [0.3, 0.4) is 0 Å². The van der Waals surface area contributed by atoms with Gasteiger partial charge in [0.1, 0.15) is 6.07 Å². The highest BCUT2D eigenvalue weighted by molar-refractivity contribution is 5.69. The third-order valence-electron chi connectivity index (χ3n) is 3.86. The van der Waals surface area contributed by atoms with Gasteiger partial charge in [0.2, 0.25) is 0 Å². The molecule has 1 saturated carbocycles. The lowest BCUT2D eigenvalue weighted by molar-refractivity contribution is -0.143. The van der Waals surface area contributed by atoms with Crippen molar-refractivity contribution in [3.63, 3.8) is 0 Å². The second kappa shape index (κ2) is 5.21. The maximum atomic E-state index is 10.9. The Morgan fingerprint density at radius 1 is 1.56 bits per heavy atom. The number of nitriles is 1. The molecule has 5 nitrogen and oxygen atoms in total. The predicted octanol–water partition coefficient (Wildman–Crippen LogP) is 1.95. The summed E-state index contributed by atoms with van der Waals surface area (Å²) in [4.78, 5) is 14.9. The molecule has 1 fully saturated rings. The predicted molar refractivity (Wildman–Crippen MR) is 64.8 cm³/mol. The van der Waals surface area contributed by atoms with Crippen molar-refractivity contribution < 1.29 is 9.90 Å². The van der Waals surface area contributed by atoms with Crippen LogP contribution < -0.4 is 0 Å². The highest BCUT2D eigenvalue weighted by Gasteiger charge is 2.26. The molecule has 0 aromatic carbocycles. The second-order valence-corrected chi connectivity index (χ2v) is 5.00. The number of carboxylic acid groups (broad SMARTS) is 1. The Hall–Kier alpha value is -1.83. The molecule has 2 rings (SSSR count). The molecule has 0 radical (unpaired) electrons. The summed E-state index contributed by atoms with van der Waals surface area (Å²) in [5.74, 6) is -0.334. The van der Waals surface area contributed by atoms with Crippen molar-refractivity contribution in [3.8, 4) is 6.07 Å². The Labute approximate surface area is 106 Å². The van der Waals surface area contributed by atoms with Crippen LogP contribution in [0.15, 0.2) is 6.33 Å². The van der Waals surface area contributed by atoms with Gasteiger partial charge in [-0.15, -0.1) is 0 Å². The van der Waals surface area contributed by atoms with Gasteiger partial charge in [-0.25, -0.2) is 4.98 Å². The molecule has 18 heavy (non-hydrogen) atoms. The van der Waals surface area contributed by atoms with Gasteiger partial charge in [0, 0.05) is 6.54 Å². The first-order chi connectivity index (χ1) is 8.61. The summed E-state index contributed by atoms with van der Waals surface area (Å²) in [6.45, 7) is 2.74. The van der Waals surface area contributed by atoms with Crippen LogP contribution in [0, 0.1) is 30.1 Å². The third-order valence-corrected chi connectivity index (χ3v) is 3.86. The van der Waals surface area contributed by atoms with Gasteiger partial charge in [-0.1, -0.05) is 0 Å². The van der Waals surface area contributed by atoms with Gasteiger partial charge in [-0.2, -0.15) is 5.26 Å². The van der Waals surface area contributed by atoms with Crippen LogP contribution >= 0.6 is 0 Å². The van der Waals surface area contributed by atoms with Gasteiger partial charge in [0.05, 0.1) is 17.9 Å². The Bertz CT molecular complexity index is 479. The Kier molecular flexibility index (Phi) is 3.66. The number of hydrogen-bond donors (Lipinski definition) is 1. The zero-order valence-corrected chi connectivity index (χ0v) is 10.5. The molecule has 0 atom stereocenters. The molecular formula is C13H17N3O2. The van der Waals surface area contributed by atoms with Crippen LogP contribution in [-0.2, 0) is 11.3 Å². The first-order valence-electron chi connectivity index (χ1n) is 6.26. The van der Waals surface area contributed by atoms with Gasteiger partial charge in [0.25, 0.3) is 0 Å². The van der Waals surface area contributed by atoms with E-state index in [0.29, 0.717) is 11.6 Å². The summed E-state index contributed by atoms with van der Waals surface area (Å²) >= 11 is 0. The molecule has 1 aromatic rings. The van der Waals surface area contributed by atoms with E-state index in [4.69, 9.17) is 10.4 Å². The Morgan fingerprint density at radius 2 is 2.22 bits per heavy atom. The molecule has 96 valence electrons. The molecule has 0 unspecified atom stereocenters. The standard InChI is InChI=1S/C13H17N3O2/c1-9-12(6-14)15-8-16(9)7-10-2-4-11(5-3-10)13(17)18/h8,10-11H,2-5,7H2,1H3,(H,17,18)/t10-,11-. The van der Waals surface area contributed by atoms with Crippen LogP contribution in [0.5, 0.6) is 0 Å². The van der Waals surface area contributed by atoms with Crippen molar-refractivity contribution in [2.75, 3.05) is 0 Å². The van der Waals surface area contributed by atoms with Crippen LogP contribution in [0.4, 0.5) is 0 Å². The van der Waals surface area contributed by atoms with Crippen LogP contribution in [0.2, 0.25) is 0 Å². The van der Waals surface area contributed by atoms with E-state index in [1.165, 1.54) is 0 Å². The largest absolute Gasteiger partial charge is 0.481 e. The number of rotatable bonds is 3. The van der Waals surface area contributed by atoms with Gasteiger partial charge in [0.15, 0.2) is 5.69 Å². The highest BCUT2D eigenvalue weighted by Crippen LogP contribution is 2.30. The van der Waals surface area contributed by atoms with Crippen molar-refractivity contribution in [2.45, 2.75) is 39.2 Å². The maximum Gasteiger partial charge on any atom is 0.306 e. The molecule has 0 aliphatic heterocycles. The van der Waals surface area contributed by atoms with Gasteiger partial charge in [-0.3, -0.25) is 4.79 Å². The van der Waals surface area contributed by atoms with Crippen LogP contribution in [-0.4, -0.2) is 20.6 Å². The number of imidazole rings is 1. The zero-order valence-electron chi connectivity index (χ0n) is 10.5. The fourth-order valence-electron chi connectivity index (χ4n) is 2.61. The summed E-state index contributed by atoms with van der Waals surface area (Å²) < 4.78 is 2.00. The van der Waals surface area contributed by atoms with Crippen molar-refractivity contribution >= 4 is 5.97 Å². The summed E-state index contributed by atoms with van der Waals surface area (Å²) in [6, 6.07) is 2.07. The van der Waals surface area contributed by atoms with E-state index in [-0.39, 0.29) is 5.92 Å². The summed E-state index contributed by atoms with van der Waals surface area (Å²) in [5.41, 5.74) is 1.38. The first-order valence-corrected chi connectivity index (χ1v) is 6.26. The van der Waals surface area contributed by atoms with E-state index >= 15 is 0 Å². The van der Waals surface area contributed by atoms with E-state index in [1.54, 1.807) is 6.33 Å². The average Bonchev–Trinajstić information content (AvgIpc) is 2.71. The molecule has 1 N–H and O–H groups in total. The number of aliphatic carboxylic acids is 1. The molecule has 1 aromatic heterocycles. The van der Waals surface area contributed by atoms with Crippen molar-refractivity contribution in [1.29, 1.82) is 5.26 Å². The topological polar surface area (TPSA) is 78.9 Å². The normalized spacial score (nSPS) is 23.6. The third kappa shape index (κ3) is 2.53. The van der Waals surface area contributed by atoms with E-state index in [9.17, 15) is 4.79 Å². The van der Waals surface area contributed by atoms with Gasteiger partial charge < -0.3 is 9.67 Å². The van der Waals surface area contributed by atoms with Crippen molar-refractivity contribution in [2.24, 2.45) is 11.8 Å². The molecule has 0 amide bonds. The average molecular weight is 247 g/mol. The molecular weight excluding hydrogens is 230 g/mol. The second-order valence-electron chi connectivity index (χ2n) is 5.00. The lowest BCUT2D eigenvalue weighted by Crippen LogP contribution is -2.23. The van der Waals surface area contributed by atoms with Crippen molar-refractivity contribution in [1.82, 2.24) is 9.55 Å². The fourth-order valence-corrected chi connectivity index (χ4v) is 2.61. The minimum absolute atomic E-state index is 0.167. The lowest BCUT2D eigenvalue weighted by atomic mass is 9.82. The Balaban J connectivity index is 1.94. The molecule has 5 heteroatoms. The van der Waals surface area contributed by atoms with E-state index in [1.807, 2.05) is 11.5 Å². The zero-order chi connectivity index (χ0) is 13.1. The fraction of sp³-hybridized carbons (Fsp3) is 0.615. The van der Waals surface area contributed by atoms with E-state index < -0.39 is 5.97 Å². The summed E-state index contributed by atoms with van der Waals surface area (Å²) in [5, 5.41) is 17.8. The number of nitrogens with zero attached hydrogens (tertiary/aromatic N) is 3. The first kappa shape index (κ1) is 12.6. The molecule has 0 saturated heterocycles. The number of carboxylic acids is 1. The van der Waals surface area contributed by atoms with Crippen molar-refractivity contribution in [3.05, 3.63) is 17.7 Å². The van der Waals surface area contributed by atoms with Crippen LogP contribution in [0.1, 0.15) is 37.1 Å². The molecule has 0 spiro atoms. The van der Waals surface area contributed by atoms with E-state index in [0.717, 1.165) is 37.9 Å². The Morgan fingerprint density at radius 3 is 2.72 bits per heavy atom. The SMILES string of the molecule is Cc1c(C#N)ncn1C[C@H]1CC[C@H](C(=O)O)CC1. The smallest absolute Gasteiger partial charge is 0.306 e. The minimum Gasteiger partial charge on any atom is -0.481 e. The summed E-state index contributed by atoms with van der Waals surface area (Å²) in [7, 11) is 0. The quantitative estimate of drug-likeness (QED) is 0.885. The summed E-state index contributed by atoms with van der Waals surface area (Å²) in [6.07, 6.45) is 5.11. The van der Waals surface area contributed by atoms with Gasteiger partial charge in [-0.05, 0) is 38.5 Å². The molecule has 1 aliphatic carbocycles. The molecule has 1 aliphatic rings. The van der Waals surface area contributed by atoms with Crippen LogP contribution in [0.25, 0.3) is 0 Å². The highest BCUT2D eigenvalue weighted by atomic mass is 16.4.